The zero-order valence-electron chi connectivity index (χ0n) is 8.80. The maximum absolute atomic E-state index is 9.10. The van der Waals surface area contributed by atoms with Crippen LogP contribution in [-0.4, -0.2) is 0 Å². The predicted molar refractivity (Wildman–Crippen MR) is 58.7 cm³/mol. The van der Waals surface area contributed by atoms with Crippen molar-refractivity contribution in [2.45, 2.75) is 18.8 Å². The summed E-state index contributed by atoms with van der Waals surface area (Å²) < 4.78 is 0. The lowest BCUT2D eigenvalue weighted by Gasteiger charge is -2.13. The average Bonchev–Trinajstić information content (AvgIpc) is 2.35. The number of rotatable bonds is 4. The van der Waals surface area contributed by atoms with Gasteiger partial charge in [0.1, 0.15) is 0 Å². The van der Waals surface area contributed by atoms with Crippen molar-refractivity contribution in [1.29, 1.82) is 15.8 Å². The molecule has 0 aliphatic carbocycles. The molecular formula is C13H11N3. The largest absolute Gasteiger partial charge is 0.198 e. The third-order valence-electron chi connectivity index (χ3n) is 2.43. The molecule has 0 fully saturated rings. The van der Waals surface area contributed by atoms with E-state index in [2.05, 4.69) is 12.1 Å². The summed E-state index contributed by atoms with van der Waals surface area (Å²) in [6.45, 7) is 0. The van der Waals surface area contributed by atoms with Crippen molar-refractivity contribution in [3.05, 3.63) is 35.9 Å². The first-order valence-electron chi connectivity index (χ1n) is 5.04. The Labute approximate surface area is 95.2 Å². The van der Waals surface area contributed by atoms with E-state index in [0.717, 1.165) is 5.56 Å². The molecule has 0 aromatic heterocycles. The van der Waals surface area contributed by atoms with E-state index in [4.69, 9.17) is 15.8 Å². The van der Waals surface area contributed by atoms with E-state index in [9.17, 15) is 0 Å². The minimum atomic E-state index is -0.445. The summed E-state index contributed by atoms with van der Waals surface area (Å²) >= 11 is 0. The Bertz CT molecular complexity index is 445. The van der Waals surface area contributed by atoms with Crippen LogP contribution < -0.4 is 0 Å². The van der Waals surface area contributed by atoms with Gasteiger partial charge in [-0.3, -0.25) is 0 Å². The van der Waals surface area contributed by atoms with Gasteiger partial charge in [-0.25, -0.2) is 0 Å². The van der Waals surface area contributed by atoms with Crippen LogP contribution in [0.3, 0.4) is 0 Å². The van der Waals surface area contributed by atoms with Crippen LogP contribution >= 0.6 is 0 Å². The van der Waals surface area contributed by atoms with Crippen LogP contribution in [0.25, 0.3) is 0 Å². The van der Waals surface area contributed by atoms with Crippen LogP contribution in [0.5, 0.6) is 0 Å². The smallest absolute Gasteiger partial charge is 0.0871 e. The molecule has 3 heteroatoms. The number of hydrogen-bond donors (Lipinski definition) is 0. The first-order chi connectivity index (χ1) is 7.83. The molecule has 1 aromatic carbocycles. The molecule has 78 valence electrons. The molecule has 0 radical (unpaired) electrons. The third-order valence-corrected chi connectivity index (χ3v) is 2.43. The predicted octanol–water partition coefficient (Wildman–Crippen LogP) is 2.74. The molecule has 3 nitrogen and oxygen atoms in total. The lowest BCUT2D eigenvalue weighted by molar-refractivity contribution is 0.564. The lowest BCUT2D eigenvalue weighted by Crippen LogP contribution is -2.09. The van der Waals surface area contributed by atoms with E-state index >= 15 is 0 Å². The van der Waals surface area contributed by atoms with Crippen molar-refractivity contribution in [2.75, 3.05) is 0 Å². The zero-order valence-corrected chi connectivity index (χ0v) is 8.80. The molecule has 0 spiro atoms. The highest BCUT2D eigenvalue weighted by Gasteiger charge is 2.22. The van der Waals surface area contributed by atoms with Gasteiger partial charge < -0.3 is 0 Å². The van der Waals surface area contributed by atoms with Crippen molar-refractivity contribution in [2.24, 2.45) is 5.92 Å². The van der Waals surface area contributed by atoms with E-state index < -0.39 is 11.8 Å². The van der Waals surface area contributed by atoms with Gasteiger partial charge >= 0.3 is 0 Å². The fourth-order valence-electron chi connectivity index (χ4n) is 1.58. The first kappa shape index (κ1) is 11.8. The highest BCUT2D eigenvalue weighted by Crippen LogP contribution is 2.26. The average molecular weight is 209 g/mol. The molecule has 1 rings (SSSR count). The normalized spacial score (nSPS) is 12.8. The Balaban J connectivity index is 2.87. The first-order valence-corrected chi connectivity index (χ1v) is 5.04. The quantitative estimate of drug-likeness (QED) is 0.765. The summed E-state index contributed by atoms with van der Waals surface area (Å²) in [5, 5.41) is 26.6. The summed E-state index contributed by atoms with van der Waals surface area (Å²) in [7, 11) is 0. The van der Waals surface area contributed by atoms with Gasteiger partial charge in [-0.2, -0.15) is 15.8 Å². The molecule has 0 saturated heterocycles. The van der Waals surface area contributed by atoms with Crippen molar-refractivity contribution < 1.29 is 0 Å². The number of nitriles is 3. The van der Waals surface area contributed by atoms with Crippen LogP contribution in [0.2, 0.25) is 0 Å². The summed E-state index contributed by atoms with van der Waals surface area (Å²) in [4.78, 5) is 0. The van der Waals surface area contributed by atoms with Crippen molar-refractivity contribution in [1.82, 2.24) is 0 Å². The van der Waals surface area contributed by atoms with Crippen LogP contribution in [0.1, 0.15) is 24.3 Å². The summed E-state index contributed by atoms with van der Waals surface area (Å²) in [6.07, 6.45) is 0.753. The second kappa shape index (κ2) is 6.23. The maximum Gasteiger partial charge on any atom is 0.0871 e. The van der Waals surface area contributed by atoms with Crippen LogP contribution in [-0.2, 0) is 0 Å². The highest BCUT2D eigenvalue weighted by molar-refractivity contribution is 5.27. The molecule has 0 aliphatic heterocycles. The SMILES string of the molecule is N#CCCC(C#N)C(C#N)c1ccccc1. The molecule has 0 saturated carbocycles. The van der Waals surface area contributed by atoms with Crippen LogP contribution in [0.4, 0.5) is 0 Å². The van der Waals surface area contributed by atoms with Crippen molar-refractivity contribution in [3.8, 4) is 18.2 Å². The molecule has 2 unspecified atom stereocenters. The molecule has 16 heavy (non-hydrogen) atoms. The Morgan fingerprint density at radius 3 is 2.19 bits per heavy atom. The monoisotopic (exact) mass is 209 g/mol. The topological polar surface area (TPSA) is 71.4 Å². The molecule has 0 aliphatic rings. The van der Waals surface area contributed by atoms with Gasteiger partial charge in [0.25, 0.3) is 0 Å². The molecule has 0 amide bonds. The third kappa shape index (κ3) is 2.84. The molecule has 1 aromatic rings. The highest BCUT2D eigenvalue weighted by atomic mass is 14.4. The Hall–Kier alpha value is -2.31. The van der Waals surface area contributed by atoms with E-state index in [1.54, 1.807) is 0 Å². The zero-order chi connectivity index (χ0) is 11.8. The van der Waals surface area contributed by atoms with Crippen molar-refractivity contribution in [3.63, 3.8) is 0 Å². The fourth-order valence-corrected chi connectivity index (χ4v) is 1.58. The van der Waals surface area contributed by atoms with Gasteiger partial charge in [0.05, 0.1) is 30.0 Å². The van der Waals surface area contributed by atoms with Gasteiger partial charge in [0, 0.05) is 6.42 Å². The van der Waals surface area contributed by atoms with E-state index in [1.165, 1.54) is 0 Å². The van der Waals surface area contributed by atoms with Gasteiger partial charge in [0.2, 0.25) is 0 Å². The van der Waals surface area contributed by atoms with Crippen LogP contribution in [0.15, 0.2) is 30.3 Å². The maximum atomic E-state index is 9.10. The van der Waals surface area contributed by atoms with Crippen molar-refractivity contribution >= 4 is 0 Å². The molecule has 0 bridgehead atoms. The lowest BCUT2D eigenvalue weighted by atomic mass is 9.85. The van der Waals surface area contributed by atoms with E-state index in [-0.39, 0.29) is 0 Å². The molecule has 0 heterocycles. The van der Waals surface area contributed by atoms with Gasteiger partial charge in [0.15, 0.2) is 0 Å². The number of nitrogens with zero attached hydrogens (tertiary/aromatic N) is 3. The van der Waals surface area contributed by atoms with E-state index in [0.29, 0.717) is 12.8 Å². The van der Waals surface area contributed by atoms with Gasteiger partial charge in [-0.1, -0.05) is 30.3 Å². The van der Waals surface area contributed by atoms with Gasteiger partial charge in [-0.15, -0.1) is 0 Å². The Morgan fingerprint density at radius 1 is 1.00 bits per heavy atom. The fraction of sp³-hybridized carbons (Fsp3) is 0.308. The second-order valence-corrected chi connectivity index (χ2v) is 3.45. The molecule has 0 N–H and O–H groups in total. The number of benzene rings is 1. The Morgan fingerprint density at radius 2 is 1.69 bits per heavy atom. The number of hydrogen-bond acceptors (Lipinski definition) is 3. The summed E-state index contributed by atoms with van der Waals surface area (Å²) in [6, 6.07) is 15.5. The van der Waals surface area contributed by atoms with Crippen LogP contribution in [0, 0.1) is 39.9 Å². The molecular weight excluding hydrogens is 198 g/mol. The summed E-state index contributed by atoms with van der Waals surface area (Å²) in [5.74, 6) is -0.855. The van der Waals surface area contributed by atoms with Gasteiger partial charge in [-0.05, 0) is 12.0 Å². The standard InChI is InChI=1S/C13H11N3/c14-8-4-7-12(9-15)13(10-16)11-5-2-1-3-6-11/h1-3,5-6,12-13H,4,7H2. The van der Waals surface area contributed by atoms with E-state index in [1.807, 2.05) is 36.4 Å². The molecule has 2 atom stereocenters. The second-order valence-electron chi connectivity index (χ2n) is 3.45. The minimum absolute atomic E-state index is 0.309. The minimum Gasteiger partial charge on any atom is -0.198 e. The summed E-state index contributed by atoms with van der Waals surface area (Å²) in [5.41, 5.74) is 0.842. The Kier molecular flexibility index (Phi) is 4.58.